The van der Waals surface area contributed by atoms with Crippen LogP contribution < -0.4 is 0 Å². The summed E-state index contributed by atoms with van der Waals surface area (Å²) in [5.41, 5.74) is 1.05. The third-order valence-corrected chi connectivity index (χ3v) is 1.14. The summed E-state index contributed by atoms with van der Waals surface area (Å²) in [7, 11) is 0. The molecule has 0 N–H and O–H groups in total. The minimum atomic E-state index is 0. The van der Waals surface area contributed by atoms with Crippen LogP contribution in [0, 0.1) is 12.6 Å². The number of hydrogen-bond acceptors (Lipinski definition) is 2. The second-order valence-electron chi connectivity index (χ2n) is 2.80. The van der Waals surface area contributed by atoms with Crippen molar-refractivity contribution in [2.45, 2.75) is 33.6 Å². The van der Waals surface area contributed by atoms with Gasteiger partial charge in [-0.25, -0.2) is 0 Å². The van der Waals surface area contributed by atoms with Crippen molar-refractivity contribution in [2.24, 2.45) is 0 Å². The van der Waals surface area contributed by atoms with E-state index in [1.165, 1.54) is 6.33 Å². The van der Waals surface area contributed by atoms with E-state index in [4.69, 9.17) is 0 Å². The number of rotatable bonds is 1. The van der Waals surface area contributed by atoms with Gasteiger partial charge in [-0.1, -0.05) is 31.7 Å². The summed E-state index contributed by atoms with van der Waals surface area (Å²) < 4.78 is 0. The van der Waals surface area contributed by atoms with Crippen molar-refractivity contribution in [1.29, 1.82) is 0 Å². The molecule has 0 amide bonds. The first kappa shape index (κ1) is 15.2. The number of nitrogens with zero attached hydrogens (tertiary/aromatic N) is 2. The zero-order chi connectivity index (χ0) is 9.40. The summed E-state index contributed by atoms with van der Waals surface area (Å²) in [6.45, 7) is 8.19. The van der Waals surface area contributed by atoms with Crippen molar-refractivity contribution in [3.05, 3.63) is 30.7 Å². The molecular formula is C10H16N2V. The average molecular weight is 215 g/mol. The Kier molecular flexibility index (Phi) is 11.4. The Morgan fingerprint density at radius 2 is 1.92 bits per heavy atom. The summed E-state index contributed by atoms with van der Waals surface area (Å²) in [5, 5.41) is 0. The Hall–Kier alpha value is -0.336. The van der Waals surface area contributed by atoms with E-state index in [2.05, 4.69) is 30.0 Å². The van der Waals surface area contributed by atoms with Gasteiger partial charge in [0.25, 0.3) is 0 Å². The summed E-state index contributed by atoms with van der Waals surface area (Å²) in [6, 6.07) is 1.81. The van der Waals surface area contributed by atoms with Gasteiger partial charge in [-0.05, 0) is 6.33 Å². The maximum atomic E-state index is 4.04. The molecule has 2 nitrogen and oxygen atoms in total. The van der Waals surface area contributed by atoms with Gasteiger partial charge in [-0.15, -0.1) is 6.07 Å². The number of aromatic nitrogens is 2. The fourth-order valence-electron chi connectivity index (χ4n) is 0.585. The van der Waals surface area contributed by atoms with Crippen LogP contribution >= 0.6 is 0 Å². The molecule has 1 radical (unpaired) electrons. The fraction of sp³-hybridized carbons (Fsp3) is 0.500. The standard InChI is InChI=1S/C7H9N2.C3H7.V/c1-6(2)7-3-4-8-5-9-7;1-3-2;/h3,5-6H,1-2H3;3H,1-2H3;/q2*-1;+2. The summed E-state index contributed by atoms with van der Waals surface area (Å²) in [5.74, 6) is 0.476. The maximum Gasteiger partial charge on any atom is 2.00 e. The summed E-state index contributed by atoms with van der Waals surface area (Å²) >= 11 is 0. The van der Waals surface area contributed by atoms with Crippen LogP contribution in [0.1, 0.15) is 39.3 Å². The molecule has 71 valence electrons. The molecule has 0 fully saturated rings. The minimum absolute atomic E-state index is 0. The first-order chi connectivity index (χ1) is 5.72. The van der Waals surface area contributed by atoms with Crippen molar-refractivity contribution in [3.8, 4) is 0 Å². The van der Waals surface area contributed by atoms with Crippen LogP contribution in [0.4, 0.5) is 0 Å². The summed E-state index contributed by atoms with van der Waals surface area (Å²) in [4.78, 5) is 7.73. The Balaban J connectivity index is 0. The van der Waals surface area contributed by atoms with Gasteiger partial charge in [0.2, 0.25) is 0 Å². The average Bonchev–Trinajstić information content (AvgIpc) is 2.07. The first-order valence-electron chi connectivity index (χ1n) is 4.14. The molecule has 0 saturated carbocycles. The van der Waals surface area contributed by atoms with E-state index in [0.29, 0.717) is 5.92 Å². The molecular weight excluding hydrogens is 199 g/mol. The van der Waals surface area contributed by atoms with E-state index >= 15 is 0 Å². The molecule has 1 heterocycles. The van der Waals surface area contributed by atoms with Crippen LogP contribution in [0.2, 0.25) is 0 Å². The van der Waals surface area contributed by atoms with Gasteiger partial charge in [-0.3, -0.25) is 0 Å². The van der Waals surface area contributed by atoms with Crippen LogP contribution in [0.15, 0.2) is 12.4 Å². The first-order valence-corrected chi connectivity index (χ1v) is 4.14. The molecule has 0 bridgehead atoms. The van der Waals surface area contributed by atoms with Crippen LogP contribution in [0.25, 0.3) is 0 Å². The quantitative estimate of drug-likeness (QED) is 0.673. The maximum absolute atomic E-state index is 4.04. The predicted molar refractivity (Wildman–Crippen MR) is 50.6 cm³/mol. The zero-order valence-corrected chi connectivity index (χ0v) is 10.0. The van der Waals surface area contributed by atoms with Crippen molar-refractivity contribution in [3.63, 3.8) is 0 Å². The second kappa shape index (κ2) is 9.75. The molecule has 0 saturated heterocycles. The Morgan fingerprint density at radius 1 is 1.38 bits per heavy atom. The van der Waals surface area contributed by atoms with E-state index in [1.807, 2.05) is 26.3 Å². The minimum Gasteiger partial charge on any atom is -0.376 e. The molecule has 1 aromatic rings. The van der Waals surface area contributed by atoms with Crippen LogP contribution in [0.5, 0.6) is 0 Å². The topological polar surface area (TPSA) is 25.8 Å². The smallest absolute Gasteiger partial charge is 0.376 e. The van der Waals surface area contributed by atoms with Gasteiger partial charge in [-0.2, -0.15) is 13.8 Å². The SMILES string of the molecule is CC(C)c1c[c-]ncn1.C[CH-]C.[V+2]. The Morgan fingerprint density at radius 3 is 2.15 bits per heavy atom. The van der Waals surface area contributed by atoms with Crippen LogP contribution in [-0.2, 0) is 18.6 Å². The molecule has 3 heteroatoms. The third-order valence-electron chi connectivity index (χ3n) is 1.14. The molecule has 0 aromatic carbocycles. The largest absolute Gasteiger partial charge is 2.00 e. The van der Waals surface area contributed by atoms with Crippen molar-refractivity contribution < 1.29 is 18.6 Å². The van der Waals surface area contributed by atoms with Crippen LogP contribution in [-0.4, -0.2) is 9.97 Å². The molecule has 0 aliphatic carbocycles. The fourth-order valence-corrected chi connectivity index (χ4v) is 0.585. The van der Waals surface area contributed by atoms with E-state index in [0.717, 1.165) is 5.69 Å². The number of hydrogen-bond donors (Lipinski definition) is 0. The third kappa shape index (κ3) is 8.01. The molecule has 0 spiro atoms. The molecule has 0 aliphatic rings. The Bertz CT molecular complexity index is 187. The monoisotopic (exact) mass is 215 g/mol. The zero-order valence-electron chi connectivity index (χ0n) is 8.65. The Labute approximate surface area is 93.1 Å². The predicted octanol–water partition coefficient (Wildman–Crippen LogP) is 2.63. The second-order valence-corrected chi connectivity index (χ2v) is 2.80. The van der Waals surface area contributed by atoms with E-state index < -0.39 is 0 Å². The van der Waals surface area contributed by atoms with E-state index in [1.54, 1.807) is 0 Å². The van der Waals surface area contributed by atoms with Gasteiger partial charge < -0.3 is 16.4 Å². The summed E-state index contributed by atoms with van der Waals surface area (Å²) in [6.07, 6.45) is 6.25. The van der Waals surface area contributed by atoms with E-state index in [-0.39, 0.29) is 18.6 Å². The van der Waals surface area contributed by atoms with Gasteiger partial charge in [0, 0.05) is 0 Å². The van der Waals surface area contributed by atoms with Gasteiger partial charge >= 0.3 is 18.6 Å². The van der Waals surface area contributed by atoms with E-state index in [9.17, 15) is 0 Å². The van der Waals surface area contributed by atoms with Gasteiger partial charge in [0.15, 0.2) is 0 Å². The molecule has 0 unspecified atom stereocenters. The molecule has 0 aliphatic heterocycles. The van der Waals surface area contributed by atoms with Crippen molar-refractivity contribution in [1.82, 2.24) is 9.97 Å². The van der Waals surface area contributed by atoms with Gasteiger partial charge in [0.1, 0.15) is 0 Å². The van der Waals surface area contributed by atoms with Crippen molar-refractivity contribution in [2.75, 3.05) is 0 Å². The molecule has 0 atom stereocenters. The van der Waals surface area contributed by atoms with Crippen LogP contribution in [0.3, 0.4) is 0 Å². The van der Waals surface area contributed by atoms with Crippen molar-refractivity contribution >= 4 is 0 Å². The molecule has 13 heavy (non-hydrogen) atoms. The molecule has 1 aromatic heterocycles. The molecule has 1 rings (SSSR count). The van der Waals surface area contributed by atoms with Gasteiger partial charge in [0.05, 0.1) is 0 Å². The normalized spacial score (nSPS) is 8.38.